The van der Waals surface area contributed by atoms with Gasteiger partial charge in [-0.3, -0.25) is 4.68 Å². The predicted octanol–water partition coefficient (Wildman–Crippen LogP) is 3.85. The van der Waals surface area contributed by atoms with Gasteiger partial charge < -0.3 is 5.32 Å². The van der Waals surface area contributed by atoms with Crippen LogP contribution in [0.3, 0.4) is 0 Å². The van der Waals surface area contributed by atoms with Crippen molar-refractivity contribution < 1.29 is 0 Å². The molecule has 1 rings (SSSR count). The SMILES string of the molecule is CCCNC(CC)CCCc1c(Br)c(CC)nn1C. The van der Waals surface area contributed by atoms with Crippen LogP contribution < -0.4 is 5.32 Å². The van der Waals surface area contributed by atoms with Gasteiger partial charge in [-0.1, -0.05) is 20.8 Å². The second-order valence-corrected chi connectivity index (χ2v) is 5.93. The van der Waals surface area contributed by atoms with Gasteiger partial charge in [-0.2, -0.15) is 5.10 Å². The molecule has 1 aromatic rings. The minimum absolute atomic E-state index is 0.664. The molecule has 4 heteroatoms. The first-order valence-corrected chi connectivity index (χ1v) is 8.36. The zero-order valence-corrected chi connectivity index (χ0v) is 14.4. The normalized spacial score (nSPS) is 12.9. The standard InChI is InChI=1S/C15H28BrN3/c1-5-11-17-12(6-2)9-8-10-14-15(16)13(7-3)18-19(14)4/h12,17H,5-11H2,1-4H3. The molecular formula is C15H28BrN3. The number of aryl methyl sites for hydroxylation is 2. The van der Waals surface area contributed by atoms with Gasteiger partial charge >= 0.3 is 0 Å². The van der Waals surface area contributed by atoms with Crippen LogP contribution in [0, 0.1) is 0 Å². The molecule has 0 aliphatic carbocycles. The Bertz CT molecular complexity index is 374. The zero-order chi connectivity index (χ0) is 14.3. The third-order valence-corrected chi connectivity index (χ3v) is 4.56. The highest BCUT2D eigenvalue weighted by molar-refractivity contribution is 9.10. The van der Waals surface area contributed by atoms with Crippen LogP contribution in [0.4, 0.5) is 0 Å². The number of nitrogens with zero attached hydrogens (tertiary/aromatic N) is 2. The molecule has 3 nitrogen and oxygen atoms in total. The Kier molecular flexibility index (Phi) is 7.69. The molecule has 1 N–H and O–H groups in total. The monoisotopic (exact) mass is 329 g/mol. The molecule has 0 fully saturated rings. The minimum atomic E-state index is 0.664. The number of rotatable bonds is 9. The second-order valence-electron chi connectivity index (χ2n) is 5.14. The molecule has 1 unspecified atom stereocenters. The van der Waals surface area contributed by atoms with E-state index in [0.717, 1.165) is 19.4 Å². The third kappa shape index (κ3) is 4.92. The lowest BCUT2D eigenvalue weighted by Crippen LogP contribution is -2.29. The quantitative estimate of drug-likeness (QED) is 0.745. The van der Waals surface area contributed by atoms with E-state index in [-0.39, 0.29) is 0 Å². The fourth-order valence-electron chi connectivity index (χ4n) is 2.41. The average Bonchev–Trinajstić information content (AvgIpc) is 2.69. The summed E-state index contributed by atoms with van der Waals surface area (Å²) in [5.74, 6) is 0. The van der Waals surface area contributed by atoms with Crippen LogP contribution in [0.1, 0.15) is 57.8 Å². The molecular weight excluding hydrogens is 302 g/mol. The van der Waals surface area contributed by atoms with Crippen molar-refractivity contribution >= 4 is 15.9 Å². The van der Waals surface area contributed by atoms with Crippen LogP contribution in [0.2, 0.25) is 0 Å². The van der Waals surface area contributed by atoms with E-state index in [4.69, 9.17) is 0 Å². The molecule has 1 atom stereocenters. The van der Waals surface area contributed by atoms with Crippen molar-refractivity contribution in [2.45, 2.75) is 65.3 Å². The lowest BCUT2D eigenvalue weighted by molar-refractivity contribution is 0.453. The number of nitrogens with one attached hydrogen (secondary N) is 1. The molecule has 0 amide bonds. The third-order valence-electron chi connectivity index (χ3n) is 3.64. The van der Waals surface area contributed by atoms with E-state index in [0.29, 0.717) is 6.04 Å². The van der Waals surface area contributed by atoms with Gasteiger partial charge in [0.05, 0.1) is 15.9 Å². The summed E-state index contributed by atoms with van der Waals surface area (Å²) < 4.78 is 3.25. The molecule has 1 aromatic heterocycles. The molecule has 0 aromatic carbocycles. The lowest BCUT2D eigenvalue weighted by atomic mass is 10.1. The smallest absolute Gasteiger partial charge is 0.0766 e. The van der Waals surface area contributed by atoms with Gasteiger partial charge in [-0.05, 0) is 61.0 Å². The van der Waals surface area contributed by atoms with Crippen molar-refractivity contribution in [3.05, 3.63) is 15.9 Å². The highest BCUT2D eigenvalue weighted by atomic mass is 79.9. The first-order valence-electron chi connectivity index (χ1n) is 7.57. The molecule has 0 spiro atoms. The maximum Gasteiger partial charge on any atom is 0.0766 e. The maximum atomic E-state index is 4.55. The van der Waals surface area contributed by atoms with E-state index in [1.54, 1.807) is 0 Å². The lowest BCUT2D eigenvalue weighted by Gasteiger charge is -2.16. The Morgan fingerprint density at radius 3 is 2.58 bits per heavy atom. The van der Waals surface area contributed by atoms with E-state index in [9.17, 15) is 0 Å². The first kappa shape index (κ1) is 16.7. The molecule has 0 aliphatic rings. The van der Waals surface area contributed by atoms with Crippen LogP contribution in [0.5, 0.6) is 0 Å². The maximum absolute atomic E-state index is 4.55. The summed E-state index contributed by atoms with van der Waals surface area (Å²) in [7, 11) is 2.05. The summed E-state index contributed by atoms with van der Waals surface area (Å²) in [6, 6.07) is 0.664. The van der Waals surface area contributed by atoms with Crippen molar-refractivity contribution in [2.24, 2.45) is 7.05 Å². The number of aromatic nitrogens is 2. The van der Waals surface area contributed by atoms with Crippen LogP contribution in [0.25, 0.3) is 0 Å². The summed E-state index contributed by atoms with van der Waals surface area (Å²) in [4.78, 5) is 0. The fourth-order valence-corrected chi connectivity index (χ4v) is 3.22. The summed E-state index contributed by atoms with van der Waals surface area (Å²) in [6.07, 6.45) is 6.99. The molecule has 19 heavy (non-hydrogen) atoms. The van der Waals surface area contributed by atoms with E-state index < -0.39 is 0 Å². The van der Waals surface area contributed by atoms with Crippen molar-refractivity contribution in [1.82, 2.24) is 15.1 Å². The Hall–Kier alpha value is -0.350. The minimum Gasteiger partial charge on any atom is -0.314 e. The molecule has 0 saturated carbocycles. The topological polar surface area (TPSA) is 29.9 Å². The average molecular weight is 330 g/mol. The molecule has 0 radical (unpaired) electrons. The Morgan fingerprint density at radius 1 is 1.32 bits per heavy atom. The number of hydrogen-bond donors (Lipinski definition) is 1. The Balaban J connectivity index is 2.46. The number of halogens is 1. The summed E-state index contributed by atoms with van der Waals surface area (Å²) in [6.45, 7) is 7.77. The summed E-state index contributed by atoms with van der Waals surface area (Å²) in [5, 5.41) is 8.17. The molecule has 0 saturated heterocycles. The first-order chi connectivity index (χ1) is 9.13. The van der Waals surface area contributed by atoms with Crippen molar-refractivity contribution in [1.29, 1.82) is 0 Å². The Labute approximate surface area is 126 Å². The summed E-state index contributed by atoms with van der Waals surface area (Å²) >= 11 is 3.69. The van der Waals surface area contributed by atoms with Crippen LogP contribution in [0.15, 0.2) is 4.47 Å². The van der Waals surface area contributed by atoms with Gasteiger partial charge in [-0.25, -0.2) is 0 Å². The van der Waals surface area contributed by atoms with Gasteiger partial charge in [0.15, 0.2) is 0 Å². The molecule has 0 aliphatic heterocycles. The summed E-state index contributed by atoms with van der Waals surface area (Å²) in [5.41, 5.74) is 2.51. The predicted molar refractivity (Wildman–Crippen MR) is 85.6 cm³/mol. The van der Waals surface area contributed by atoms with Crippen molar-refractivity contribution in [3.8, 4) is 0 Å². The van der Waals surface area contributed by atoms with Crippen molar-refractivity contribution in [2.75, 3.05) is 6.54 Å². The van der Waals surface area contributed by atoms with Crippen LogP contribution >= 0.6 is 15.9 Å². The van der Waals surface area contributed by atoms with E-state index in [1.165, 1.54) is 41.5 Å². The number of hydrogen-bond acceptors (Lipinski definition) is 2. The van der Waals surface area contributed by atoms with Gasteiger partial charge in [0, 0.05) is 13.1 Å². The largest absolute Gasteiger partial charge is 0.314 e. The fraction of sp³-hybridized carbons (Fsp3) is 0.800. The molecule has 0 bridgehead atoms. The second kappa shape index (κ2) is 8.75. The highest BCUT2D eigenvalue weighted by Gasteiger charge is 2.13. The highest BCUT2D eigenvalue weighted by Crippen LogP contribution is 2.23. The zero-order valence-electron chi connectivity index (χ0n) is 12.8. The van der Waals surface area contributed by atoms with Crippen molar-refractivity contribution in [3.63, 3.8) is 0 Å². The van der Waals surface area contributed by atoms with Gasteiger partial charge in [0.25, 0.3) is 0 Å². The van der Waals surface area contributed by atoms with E-state index in [2.05, 4.69) is 47.1 Å². The Morgan fingerprint density at radius 2 is 2.05 bits per heavy atom. The van der Waals surface area contributed by atoms with E-state index >= 15 is 0 Å². The van der Waals surface area contributed by atoms with Crippen LogP contribution in [-0.4, -0.2) is 22.4 Å². The van der Waals surface area contributed by atoms with E-state index in [1.807, 2.05) is 11.7 Å². The van der Waals surface area contributed by atoms with Gasteiger partial charge in [-0.15, -0.1) is 0 Å². The van der Waals surface area contributed by atoms with Gasteiger partial charge in [0.1, 0.15) is 0 Å². The van der Waals surface area contributed by atoms with Crippen LogP contribution in [-0.2, 0) is 19.9 Å². The molecule has 1 heterocycles. The molecule has 110 valence electrons. The van der Waals surface area contributed by atoms with Gasteiger partial charge in [0.2, 0.25) is 0 Å².